The number of nitrogens with one attached hydrogen (secondary N) is 1. The van der Waals surface area contributed by atoms with Crippen LogP contribution in [0.2, 0.25) is 0 Å². The van der Waals surface area contributed by atoms with Crippen molar-refractivity contribution >= 4 is 5.97 Å². The summed E-state index contributed by atoms with van der Waals surface area (Å²) in [5.41, 5.74) is 0. The summed E-state index contributed by atoms with van der Waals surface area (Å²) < 4.78 is 10.7. The van der Waals surface area contributed by atoms with Crippen LogP contribution < -0.4 is 5.32 Å². The fourth-order valence-electron chi connectivity index (χ4n) is 2.29. The first-order valence-corrected chi connectivity index (χ1v) is 7.29. The Morgan fingerprint density at radius 1 is 1.39 bits per heavy atom. The van der Waals surface area contributed by atoms with E-state index in [9.17, 15) is 4.79 Å². The Morgan fingerprint density at radius 2 is 2.22 bits per heavy atom. The number of piperidine rings is 1. The van der Waals surface area contributed by atoms with E-state index in [-0.39, 0.29) is 12.1 Å². The normalized spacial score (nSPS) is 21.6. The summed E-state index contributed by atoms with van der Waals surface area (Å²) in [6.45, 7) is 6.06. The highest BCUT2D eigenvalue weighted by Gasteiger charge is 2.20. The van der Waals surface area contributed by atoms with E-state index in [1.54, 1.807) is 0 Å². The molecule has 1 saturated heterocycles. The third-order valence-electron chi connectivity index (χ3n) is 3.30. The van der Waals surface area contributed by atoms with Gasteiger partial charge in [0.25, 0.3) is 0 Å². The van der Waals surface area contributed by atoms with Gasteiger partial charge >= 0.3 is 5.97 Å². The minimum absolute atomic E-state index is 0.212. The van der Waals surface area contributed by atoms with Gasteiger partial charge in [0.15, 0.2) is 6.10 Å². The molecule has 2 unspecified atom stereocenters. The van der Waals surface area contributed by atoms with Gasteiger partial charge in [-0.1, -0.05) is 19.8 Å². The first kappa shape index (κ1) is 15.4. The van der Waals surface area contributed by atoms with Crippen LogP contribution in [0, 0.1) is 0 Å². The summed E-state index contributed by atoms with van der Waals surface area (Å²) in [7, 11) is 0. The average Bonchev–Trinajstić information content (AvgIpc) is 2.39. The first-order chi connectivity index (χ1) is 8.77. The van der Waals surface area contributed by atoms with Gasteiger partial charge in [-0.25, -0.2) is 4.79 Å². The van der Waals surface area contributed by atoms with E-state index in [1.165, 1.54) is 19.3 Å². The van der Waals surface area contributed by atoms with E-state index in [2.05, 4.69) is 12.2 Å². The van der Waals surface area contributed by atoms with Crippen molar-refractivity contribution < 1.29 is 14.3 Å². The molecule has 18 heavy (non-hydrogen) atoms. The Bertz CT molecular complexity index is 227. The van der Waals surface area contributed by atoms with Crippen LogP contribution in [0.1, 0.15) is 52.4 Å². The Labute approximate surface area is 110 Å². The van der Waals surface area contributed by atoms with Crippen LogP contribution in [0.3, 0.4) is 0 Å². The second-order valence-corrected chi connectivity index (χ2v) is 4.84. The zero-order valence-electron chi connectivity index (χ0n) is 11.7. The van der Waals surface area contributed by atoms with Crippen molar-refractivity contribution in [1.29, 1.82) is 0 Å². The van der Waals surface area contributed by atoms with Crippen LogP contribution in [0.25, 0.3) is 0 Å². The third kappa shape index (κ3) is 5.83. The van der Waals surface area contributed by atoms with Crippen molar-refractivity contribution in [2.75, 3.05) is 19.8 Å². The maximum absolute atomic E-state index is 11.7. The lowest BCUT2D eigenvalue weighted by atomic mass is 10.0. The highest BCUT2D eigenvalue weighted by molar-refractivity contribution is 5.74. The summed E-state index contributed by atoms with van der Waals surface area (Å²) >= 11 is 0. The van der Waals surface area contributed by atoms with E-state index in [4.69, 9.17) is 9.47 Å². The molecule has 0 saturated carbocycles. The van der Waals surface area contributed by atoms with E-state index < -0.39 is 0 Å². The molecular weight excluding hydrogens is 230 g/mol. The van der Waals surface area contributed by atoms with Crippen molar-refractivity contribution in [2.45, 2.75) is 64.5 Å². The van der Waals surface area contributed by atoms with Crippen molar-refractivity contribution in [2.24, 2.45) is 0 Å². The minimum Gasteiger partial charge on any atom is -0.464 e. The van der Waals surface area contributed by atoms with Gasteiger partial charge in [-0.2, -0.15) is 0 Å². The summed E-state index contributed by atoms with van der Waals surface area (Å²) in [5.74, 6) is -0.212. The van der Waals surface area contributed by atoms with Crippen LogP contribution in [0.4, 0.5) is 0 Å². The number of carbonyl (C=O) groups excluding carboxylic acids is 1. The molecule has 4 heteroatoms. The van der Waals surface area contributed by atoms with Gasteiger partial charge in [-0.15, -0.1) is 0 Å². The van der Waals surface area contributed by atoms with Gasteiger partial charge in [0.05, 0.1) is 6.61 Å². The van der Waals surface area contributed by atoms with Gasteiger partial charge in [0.2, 0.25) is 0 Å². The van der Waals surface area contributed by atoms with Crippen molar-refractivity contribution in [3.8, 4) is 0 Å². The molecule has 0 bridgehead atoms. The highest BCUT2D eigenvalue weighted by Crippen LogP contribution is 2.12. The summed E-state index contributed by atoms with van der Waals surface area (Å²) in [6.07, 6.45) is 6.09. The quantitative estimate of drug-likeness (QED) is 0.678. The fraction of sp³-hybridized carbons (Fsp3) is 0.929. The molecule has 0 radical (unpaired) electrons. The molecule has 0 aromatic rings. The van der Waals surface area contributed by atoms with E-state index >= 15 is 0 Å². The zero-order valence-corrected chi connectivity index (χ0v) is 11.7. The molecule has 0 aromatic heterocycles. The van der Waals surface area contributed by atoms with Crippen LogP contribution in [-0.4, -0.2) is 37.9 Å². The molecule has 0 aliphatic carbocycles. The molecule has 2 atom stereocenters. The first-order valence-electron chi connectivity index (χ1n) is 7.29. The molecule has 0 aromatic carbocycles. The average molecular weight is 257 g/mol. The fourth-order valence-corrected chi connectivity index (χ4v) is 2.29. The highest BCUT2D eigenvalue weighted by atomic mass is 16.6. The van der Waals surface area contributed by atoms with E-state index in [1.807, 2.05) is 6.92 Å². The molecule has 1 heterocycles. The molecule has 1 fully saturated rings. The lowest BCUT2D eigenvalue weighted by Crippen LogP contribution is -2.36. The summed E-state index contributed by atoms with van der Waals surface area (Å²) in [4.78, 5) is 11.7. The third-order valence-corrected chi connectivity index (χ3v) is 3.30. The molecular formula is C14H27NO3. The standard InChI is InChI=1S/C14H27NO3/c1-3-7-13(14(16)17-4-2)18-11-9-12-8-5-6-10-15-12/h12-13,15H,3-11H2,1-2H3. The van der Waals surface area contributed by atoms with Gasteiger partial charge in [-0.05, 0) is 39.2 Å². The summed E-state index contributed by atoms with van der Waals surface area (Å²) in [5, 5.41) is 3.48. The van der Waals surface area contributed by atoms with Crippen LogP contribution in [-0.2, 0) is 14.3 Å². The Morgan fingerprint density at radius 3 is 2.83 bits per heavy atom. The zero-order chi connectivity index (χ0) is 13.2. The van der Waals surface area contributed by atoms with E-state index in [0.29, 0.717) is 19.3 Å². The monoisotopic (exact) mass is 257 g/mol. The predicted octanol–water partition coefficient (Wildman–Crippen LogP) is 2.27. The number of hydrogen-bond donors (Lipinski definition) is 1. The summed E-state index contributed by atoms with van der Waals surface area (Å²) in [6, 6.07) is 0.559. The number of carbonyl (C=O) groups is 1. The SMILES string of the molecule is CCCC(OCCC1CCCCN1)C(=O)OCC. The number of esters is 1. The van der Waals surface area contributed by atoms with Crippen molar-refractivity contribution in [3.05, 3.63) is 0 Å². The predicted molar refractivity (Wildman–Crippen MR) is 71.5 cm³/mol. The van der Waals surface area contributed by atoms with Crippen molar-refractivity contribution in [1.82, 2.24) is 5.32 Å². The topological polar surface area (TPSA) is 47.6 Å². The van der Waals surface area contributed by atoms with E-state index in [0.717, 1.165) is 25.8 Å². The molecule has 1 aliphatic rings. The molecule has 0 spiro atoms. The number of rotatable bonds is 8. The number of ether oxygens (including phenoxy) is 2. The molecule has 1 N–H and O–H groups in total. The van der Waals surface area contributed by atoms with Crippen molar-refractivity contribution in [3.63, 3.8) is 0 Å². The van der Waals surface area contributed by atoms with Crippen LogP contribution >= 0.6 is 0 Å². The number of hydrogen-bond acceptors (Lipinski definition) is 4. The molecule has 1 rings (SSSR count). The minimum atomic E-state index is -0.376. The lowest BCUT2D eigenvalue weighted by molar-refractivity contribution is -0.157. The van der Waals surface area contributed by atoms with Gasteiger partial charge in [0.1, 0.15) is 0 Å². The smallest absolute Gasteiger partial charge is 0.335 e. The van der Waals surface area contributed by atoms with Crippen LogP contribution in [0.5, 0.6) is 0 Å². The second kappa shape index (κ2) is 9.34. The van der Waals surface area contributed by atoms with Crippen LogP contribution in [0.15, 0.2) is 0 Å². The Kier molecular flexibility index (Phi) is 8.01. The maximum Gasteiger partial charge on any atom is 0.335 e. The van der Waals surface area contributed by atoms with Gasteiger partial charge in [0, 0.05) is 12.6 Å². The molecule has 106 valence electrons. The maximum atomic E-state index is 11.7. The van der Waals surface area contributed by atoms with Gasteiger partial charge in [-0.3, -0.25) is 0 Å². The second-order valence-electron chi connectivity index (χ2n) is 4.84. The molecule has 1 aliphatic heterocycles. The van der Waals surface area contributed by atoms with Gasteiger partial charge < -0.3 is 14.8 Å². The molecule has 4 nitrogen and oxygen atoms in total. The largest absolute Gasteiger partial charge is 0.464 e. The molecule has 0 amide bonds. The Hall–Kier alpha value is -0.610. The Balaban J connectivity index is 2.21. The lowest BCUT2D eigenvalue weighted by Gasteiger charge is -2.24.